The number of nitriles is 1. The van der Waals surface area contributed by atoms with E-state index in [1.54, 1.807) is 0 Å². The van der Waals surface area contributed by atoms with E-state index >= 15 is 0 Å². The highest BCUT2D eigenvalue weighted by Crippen LogP contribution is 2.57. The number of nitrogens with zero attached hydrogens (tertiary/aromatic N) is 1. The Kier molecular flexibility index (Phi) is 4.75. The first-order chi connectivity index (χ1) is 11.1. The summed E-state index contributed by atoms with van der Waals surface area (Å²) in [5.41, 5.74) is 0.673. The lowest BCUT2D eigenvalue weighted by molar-refractivity contribution is -0.126. The SMILES string of the molecule is C[C@@]12CCC[C@@H](O)[C@H]1[C@](C#N)(COCc1ccccc1)CCC2. The van der Waals surface area contributed by atoms with Gasteiger partial charge in [-0.1, -0.05) is 50.1 Å². The minimum atomic E-state index is -0.540. The van der Waals surface area contributed by atoms with E-state index in [-0.39, 0.29) is 17.4 Å². The largest absolute Gasteiger partial charge is 0.393 e. The van der Waals surface area contributed by atoms with Gasteiger partial charge < -0.3 is 9.84 Å². The predicted octanol–water partition coefficient (Wildman–Crippen LogP) is 4.06. The molecule has 0 aromatic heterocycles. The van der Waals surface area contributed by atoms with Crippen LogP contribution in [-0.4, -0.2) is 17.8 Å². The fourth-order valence-corrected chi connectivity index (χ4v) is 5.03. The molecule has 23 heavy (non-hydrogen) atoms. The molecule has 0 radical (unpaired) electrons. The highest BCUT2D eigenvalue weighted by Gasteiger charge is 2.56. The van der Waals surface area contributed by atoms with Gasteiger partial charge in [0.25, 0.3) is 0 Å². The van der Waals surface area contributed by atoms with Crippen LogP contribution in [0.15, 0.2) is 30.3 Å². The summed E-state index contributed by atoms with van der Waals surface area (Å²) >= 11 is 0. The smallest absolute Gasteiger partial charge is 0.0864 e. The Morgan fingerprint density at radius 2 is 1.96 bits per heavy atom. The van der Waals surface area contributed by atoms with Crippen LogP contribution in [-0.2, 0) is 11.3 Å². The molecular weight excluding hydrogens is 286 g/mol. The molecule has 0 spiro atoms. The van der Waals surface area contributed by atoms with Crippen molar-refractivity contribution in [1.29, 1.82) is 5.26 Å². The van der Waals surface area contributed by atoms with Crippen LogP contribution in [0.2, 0.25) is 0 Å². The summed E-state index contributed by atoms with van der Waals surface area (Å²) in [4.78, 5) is 0. The number of ether oxygens (including phenoxy) is 1. The van der Waals surface area contributed by atoms with Crippen LogP contribution >= 0.6 is 0 Å². The molecule has 0 unspecified atom stereocenters. The molecule has 0 bridgehead atoms. The Morgan fingerprint density at radius 1 is 1.22 bits per heavy atom. The summed E-state index contributed by atoms with van der Waals surface area (Å²) in [5.74, 6) is 0.0401. The average molecular weight is 313 g/mol. The molecule has 2 fully saturated rings. The molecule has 3 rings (SSSR count). The second-order valence-corrected chi connectivity index (χ2v) is 7.69. The van der Waals surface area contributed by atoms with Gasteiger partial charge in [-0.15, -0.1) is 0 Å². The molecule has 1 aromatic carbocycles. The van der Waals surface area contributed by atoms with E-state index in [1.807, 2.05) is 30.3 Å². The van der Waals surface area contributed by atoms with Crippen molar-refractivity contribution in [3.8, 4) is 6.07 Å². The lowest BCUT2D eigenvalue weighted by Gasteiger charge is -2.54. The van der Waals surface area contributed by atoms with Crippen molar-refractivity contribution < 1.29 is 9.84 Å². The zero-order chi connectivity index (χ0) is 16.3. The summed E-state index contributed by atoms with van der Waals surface area (Å²) in [7, 11) is 0. The molecule has 3 heteroatoms. The fraction of sp³-hybridized carbons (Fsp3) is 0.650. The van der Waals surface area contributed by atoms with Crippen molar-refractivity contribution in [3.63, 3.8) is 0 Å². The Balaban J connectivity index is 1.74. The predicted molar refractivity (Wildman–Crippen MR) is 89.4 cm³/mol. The van der Waals surface area contributed by atoms with Crippen molar-refractivity contribution in [1.82, 2.24) is 0 Å². The highest BCUT2D eigenvalue weighted by molar-refractivity contribution is 5.15. The third kappa shape index (κ3) is 3.16. The summed E-state index contributed by atoms with van der Waals surface area (Å²) in [5, 5.41) is 20.6. The minimum Gasteiger partial charge on any atom is -0.393 e. The number of aliphatic hydroxyl groups excluding tert-OH is 1. The van der Waals surface area contributed by atoms with Crippen LogP contribution in [0.25, 0.3) is 0 Å². The first kappa shape index (κ1) is 16.5. The van der Waals surface area contributed by atoms with Crippen LogP contribution < -0.4 is 0 Å². The molecule has 0 saturated heterocycles. The van der Waals surface area contributed by atoms with E-state index in [9.17, 15) is 10.4 Å². The molecule has 2 aliphatic rings. The summed E-state index contributed by atoms with van der Waals surface area (Å²) in [6, 6.07) is 12.6. The Labute approximate surface area is 139 Å². The van der Waals surface area contributed by atoms with E-state index in [0.29, 0.717) is 13.2 Å². The van der Waals surface area contributed by atoms with Crippen LogP contribution in [0.3, 0.4) is 0 Å². The van der Waals surface area contributed by atoms with Crippen LogP contribution in [0.5, 0.6) is 0 Å². The molecule has 2 saturated carbocycles. The van der Waals surface area contributed by atoms with Crippen LogP contribution in [0.1, 0.15) is 51.0 Å². The van der Waals surface area contributed by atoms with Gasteiger partial charge in [-0.2, -0.15) is 5.26 Å². The van der Waals surface area contributed by atoms with Crippen molar-refractivity contribution in [2.75, 3.05) is 6.61 Å². The normalized spacial score (nSPS) is 36.9. The van der Waals surface area contributed by atoms with Crippen molar-refractivity contribution in [2.24, 2.45) is 16.7 Å². The third-order valence-electron chi connectivity index (χ3n) is 6.04. The Bertz CT molecular complexity index is 563. The van der Waals surface area contributed by atoms with Crippen molar-refractivity contribution >= 4 is 0 Å². The van der Waals surface area contributed by atoms with Gasteiger partial charge in [0.1, 0.15) is 0 Å². The monoisotopic (exact) mass is 313 g/mol. The second kappa shape index (κ2) is 6.63. The molecular formula is C20H27NO2. The molecule has 2 aliphatic carbocycles. The maximum atomic E-state index is 10.6. The fourth-order valence-electron chi connectivity index (χ4n) is 5.03. The number of hydrogen-bond donors (Lipinski definition) is 1. The van der Waals surface area contributed by atoms with Gasteiger partial charge in [-0.3, -0.25) is 0 Å². The Hall–Kier alpha value is -1.37. The summed E-state index contributed by atoms with van der Waals surface area (Å²) < 4.78 is 5.96. The molecule has 0 amide bonds. The van der Waals surface area contributed by atoms with Gasteiger partial charge in [0.15, 0.2) is 0 Å². The summed E-state index contributed by atoms with van der Waals surface area (Å²) in [6.45, 7) is 3.22. The molecule has 1 aromatic rings. The molecule has 0 heterocycles. The zero-order valence-corrected chi connectivity index (χ0v) is 14.0. The second-order valence-electron chi connectivity index (χ2n) is 7.69. The van der Waals surface area contributed by atoms with E-state index in [0.717, 1.165) is 44.1 Å². The van der Waals surface area contributed by atoms with E-state index in [1.165, 1.54) is 0 Å². The topological polar surface area (TPSA) is 53.2 Å². The standard InChI is InChI=1S/C20H27NO2/c1-19-10-5-9-17(22)18(19)20(14-21,12-6-11-19)15-23-13-16-7-3-2-4-8-16/h2-4,7-8,17-18,22H,5-6,9-13,15H2,1H3/t17-,18-,19+,20-/m1/s1. The van der Waals surface area contributed by atoms with Crippen molar-refractivity contribution in [3.05, 3.63) is 35.9 Å². The van der Waals surface area contributed by atoms with Crippen LogP contribution in [0, 0.1) is 28.1 Å². The van der Waals surface area contributed by atoms with Gasteiger partial charge in [0, 0.05) is 5.92 Å². The lowest BCUT2D eigenvalue weighted by Crippen LogP contribution is -2.54. The van der Waals surface area contributed by atoms with Gasteiger partial charge in [-0.25, -0.2) is 0 Å². The highest BCUT2D eigenvalue weighted by atomic mass is 16.5. The van der Waals surface area contributed by atoms with E-state index in [2.05, 4.69) is 13.0 Å². The molecule has 3 nitrogen and oxygen atoms in total. The quantitative estimate of drug-likeness (QED) is 0.912. The maximum Gasteiger partial charge on any atom is 0.0864 e. The molecule has 0 aliphatic heterocycles. The first-order valence-corrected chi connectivity index (χ1v) is 8.81. The van der Waals surface area contributed by atoms with E-state index in [4.69, 9.17) is 4.74 Å². The molecule has 124 valence electrons. The zero-order valence-electron chi connectivity index (χ0n) is 14.0. The van der Waals surface area contributed by atoms with Gasteiger partial charge in [0.05, 0.1) is 30.8 Å². The maximum absolute atomic E-state index is 10.6. The van der Waals surface area contributed by atoms with E-state index < -0.39 is 5.41 Å². The molecule has 4 atom stereocenters. The Morgan fingerprint density at radius 3 is 2.70 bits per heavy atom. The lowest BCUT2D eigenvalue weighted by atomic mass is 9.50. The summed E-state index contributed by atoms with van der Waals surface area (Å²) in [6.07, 6.45) is 5.67. The minimum absolute atomic E-state index is 0.0401. The average Bonchev–Trinajstić information content (AvgIpc) is 2.55. The van der Waals surface area contributed by atoms with Gasteiger partial charge in [0.2, 0.25) is 0 Å². The molecule has 1 N–H and O–H groups in total. The first-order valence-electron chi connectivity index (χ1n) is 8.81. The third-order valence-corrected chi connectivity index (χ3v) is 6.04. The van der Waals surface area contributed by atoms with Crippen LogP contribution in [0.4, 0.5) is 0 Å². The van der Waals surface area contributed by atoms with Gasteiger partial charge >= 0.3 is 0 Å². The number of hydrogen-bond acceptors (Lipinski definition) is 3. The van der Waals surface area contributed by atoms with Gasteiger partial charge in [-0.05, 0) is 36.7 Å². The number of aliphatic hydroxyl groups is 1. The van der Waals surface area contributed by atoms with Crippen molar-refractivity contribution in [2.45, 2.75) is 58.2 Å². The number of benzene rings is 1. The number of rotatable bonds is 4. The number of fused-ring (bicyclic) bond motifs is 1.